The van der Waals surface area contributed by atoms with Gasteiger partial charge in [-0.25, -0.2) is 9.78 Å². The van der Waals surface area contributed by atoms with Gasteiger partial charge in [-0.05, 0) is 32.8 Å². The molecule has 102 valence electrons. The average Bonchev–Trinajstić information content (AvgIpc) is 2.24. The summed E-state index contributed by atoms with van der Waals surface area (Å²) in [6, 6.07) is 1.56. The number of carbonyl (C=O) groups excluding carboxylic acids is 1. The highest BCUT2D eigenvalue weighted by Gasteiger charge is 2.14. The molecule has 1 N–H and O–H groups in total. The quantitative estimate of drug-likeness (QED) is 0.810. The molecular weight excluding hydrogens is 287 g/mol. The zero-order valence-electron chi connectivity index (χ0n) is 10.9. The Kier molecular flexibility index (Phi) is 5.46. The van der Waals surface area contributed by atoms with Gasteiger partial charge in [-0.1, -0.05) is 29.1 Å². The van der Waals surface area contributed by atoms with E-state index in [0.717, 1.165) is 0 Å². The van der Waals surface area contributed by atoms with Crippen molar-refractivity contribution in [1.29, 1.82) is 0 Å². The number of aromatic nitrogens is 1. The van der Waals surface area contributed by atoms with Crippen LogP contribution >= 0.6 is 23.2 Å². The summed E-state index contributed by atoms with van der Waals surface area (Å²) in [4.78, 5) is 15.3. The summed E-state index contributed by atoms with van der Waals surface area (Å²) in [5, 5.41) is 3.33. The molecule has 0 saturated heterocycles. The van der Waals surface area contributed by atoms with E-state index in [4.69, 9.17) is 27.9 Å². The zero-order chi connectivity index (χ0) is 14.5. The van der Waals surface area contributed by atoms with Crippen LogP contribution in [0, 0.1) is 11.8 Å². The Morgan fingerprint density at radius 1 is 1.47 bits per heavy atom. The largest absolute Gasteiger partial charge is 0.444 e. The third-order valence-electron chi connectivity index (χ3n) is 1.73. The number of rotatable bonds is 1. The molecule has 0 unspecified atom stereocenters. The molecule has 0 aromatic carbocycles. The van der Waals surface area contributed by atoms with E-state index in [9.17, 15) is 4.79 Å². The van der Waals surface area contributed by atoms with Gasteiger partial charge in [-0.3, -0.25) is 0 Å². The van der Waals surface area contributed by atoms with E-state index in [1.54, 1.807) is 26.8 Å². The number of pyridine rings is 1. The first kappa shape index (κ1) is 15.6. The molecule has 1 aromatic rings. The van der Waals surface area contributed by atoms with Gasteiger partial charge < -0.3 is 10.1 Å². The van der Waals surface area contributed by atoms with Gasteiger partial charge in [0.2, 0.25) is 0 Å². The summed E-state index contributed by atoms with van der Waals surface area (Å²) in [6.45, 7) is 5.51. The summed E-state index contributed by atoms with van der Waals surface area (Å²) in [7, 11) is 0. The van der Waals surface area contributed by atoms with E-state index in [0.29, 0.717) is 15.7 Å². The second kappa shape index (κ2) is 6.65. The zero-order valence-corrected chi connectivity index (χ0v) is 12.4. The molecule has 1 heterocycles. The molecular formula is C13H14Cl2N2O2. The van der Waals surface area contributed by atoms with E-state index in [1.165, 1.54) is 6.20 Å². The minimum atomic E-state index is -0.529. The summed E-state index contributed by atoms with van der Waals surface area (Å²) in [6.07, 6.45) is 0.940. The third-order valence-corrected chi connectivity index (χ3v) is 2.23. The molecule has 0 fully saturated rings. The van der Waals surface area contributed by atoms with E-state index in [2.05, 4.69) is 22.1 Å². The van der Waals surface area contributed by atoms with Gasteiger partial charge in [0, 0.05) is 6.20 Å². The van der Waals surface area contributed by atoms with E-state index < -0.39 is 11.7 Å². The first-order valence-electron chi connectivity index (χ1n) is 5.55. The van der Waals surface area contributed by atoms with Crippen molar-refractivity contribution in [1.82, 2.24) is 10.3 Å². The Labute approximate surface area is 122 Å². The van der Waals surface area contributed by atoms with Crippen LogP contribution in [0.3, 0.4) is 0 Å². The van der Waals surface area contributed by atoms with Crippen LogP contribution in [0.4, 0.5) is 4.79 Å². The van der Waals surface area contributed by atoms with Crippen molar-refractivity contribution in [3.63, 3.8) is 0 Å². The lowest BCUT2D eigenvalue weighted by molar-refractivity contribution is 0.0535. The maximum Gasteiger partial charge on any atom is 0.408 e. The summed E-state index contributed by atoms with van der Waals surface area (Å²) < 4.78 is 5.05. The Bertz CT molecular complexity index is 528. The monoisotopic (exact) mass is 300 g/mol. The Morgan fingerprint density at radius 3 is 2.74 bits per heavy atom. The Morgan fingerprint density at radius 2 is 2.16 bits per heavy atom. The van der Waals surface area contributed by atoms with Gasteiger partial charge in [-0.2, -0.15) is 0 Å². The second-order valence-corrected chi connectivity index (χ2v) is 5.48. The van der Waals surface area contributed by atoms with E-state index in [-0.39, 0.29) is 6.54 Å². The third kappa shape index (κ3) is 6.32. The molecule has 0 bridgehead atoms. The van der Waals surface area contributed by atoms with Crippen LogP contribution in [0.5, 0.6) is 0 Å². The summed E-state index contributed by atoms with van der Waals surface area (Å²) in [5.41, 5.74) is -0.115. The van der Waals surface area contributed by atoms with Crippen molar-refractivity contribution in [2.75, 3.05) is 6.54 Å². The fourth-order valence-corrected chi connectivity index (χ4v) is 1.49. The first-order chi connectivity index (χ1) is 8.78. The number of ether oxygens (including phenoxy) is 1. The molecule has 0 radical (unpaired) electrons. The van der Waals surface area contributed by atoms with Gasteiger partial charge in [0.1, 0.15) is 11.3 Å². The van der Waals surface area contributed by atoms with E-state index >= 15 is 0 Å². The van der Waals surface area contributed by atoms with Crippen molar-refractivity contribution in [3.8, 4) is 11.8 Å². The fraction of sp³-hybridized carbons (Fsp3) is 0.385. The summed E-state index contributed by atoms with van der Waals surface area (Å²) >= 11 is 11.6. The predicted octanol–water partition coefficient (Wildman–Crippen LogP) is 3.26. The van der Waals surface area contributed by atoms with Crippen LogP contribution in [0.25, 0.3) is 0 Å². The standard InChI is InChI=1S/C13H14Cl2N2O2/c1-13(2,3)19-12(18)16-6-4-5-11-10(15)7-9(14)8-17-11/h7-8H,6H2,1-3H3,(H,16,18). The number of carbonyl (C=O) groups is 1. The molecule has 0 aliphatic rings. The van der Waals surface area contributed by atoms with Crippen molar-refractivity contribution in [2.24, 2.45) is 0 Å². The Hall–Kier alpha value is -1.44. The van der Waals surface area contributed by atoms with Crippen molar-refractivity contribution in [3.05, 3.63) is 28.0 Å². The number of hydrogen-bond donors (Lipinski definition) is 1. The SMILES string of the molecule is CC(C)(C)OC(=O)NCC#Cc1ncc(Cl)cc1Cl. The maximum absolute atomic E-state index is 11.3. The minimum Gasteiger partial charge on any atom is -0.444 e. The molecule has 0 spiro atoms. The molecule has 6 heteroatoms. The molecule has 0 aliphatic heterocycles. The van der Waals surface area contributed by atoms with Crippen LogP contribution < -0.4 is 5.32 Å². The number of alkyl carbamates (subject to hydrolysis) is 1. The molecule has 1 rings (SSSR count). The van der Waals surface area contributed by atoms with Crippen molar-refractivity contribution >= 4 is 29.3 Å². The van der Waals surface area contributed by atoms with Gasteiger partial charge in [0.15, 0.2) is 0 Å². The van der Waals surface area contributed by atoms with E-state index in [1.807, 2.05) is 0 Å². The average molecular weight is 301 g/mol. The summed E-state index contributed by atoms with van der Waals surface area (Å²) in [5.74, 6) is 5.46. The van der Waals surface area contributed by atoms with Crippen molar-refractivity contribution < 1.29 is 9.53 Å². The molecule has 1 aromatic heterocycles. The highest BCUT2D eigenvalue weighted by Crippen LogP contribution is 2.17. The van der Waals surface area contributed by atoms with Crippen LogP contribution in [0.2, 0.25) is 10.0 Å². The molecule has 19 heavy (non-hydrogen) atoms. The lowest BCUT2D eigenvalue weighted by Crippen LogP contribution is -2.32. The predicted molar refractivity (Wildman–Crippen MR) is 75.4 cm³/mol. The van der Waals surface area contributed by atoms with Crippen molar-refractivity contribution in [2.45, 2.75) is 26.4 Å². The van der Waals surface area contributed by atoms with Gasteiger partial charge in [-0.15, -0.1) is 0 Å². The lowest BCUT2D eigenvalue weighted by atomic mass is 10.2. The normalized spacial score (nSPS) is 10.4. The highest BCUT2D eigenvalue weighted by molar-refractivity contribution is 6.35. The number of amides is 1. The molecule has 0 saturated carbocycles. The van der Waals surface area contributed by atoms with Crippen LogP contribution in [-0.2, 0) is 4.74 Å². The minimum absolute atomic E-state index is 0.148. The van der Waals surface area contributed by atoms with Gasteiger partial charge in [0.25, 0.3) is 0 Å². The lowest BCUT2D eigenvalue weighted by Gasteiger charge is -2.18. The number of nitrogens with one attached hydrogen (secondary N) is 1. The molecule has 1 amide bonds. The molecule has 0 atom stereocenters. The van der Waals surface area contributed by atoms with Crippen LogP contribution in [-0.4, -0.2) is 23.2 Å². The smallest absolute Gasteiger partial charge is 0.408 e. The van der Waals surface area contributed by atoms with Crippen LogP contribution in [0.15, 0.2) is 12.3 Å². The highest BCUT2D eigenvalue weighted by atomic mass is 35.5. The second-order valence-electron chi connectivity index (χ2n) is 4.64. The fourth-order valence-electron chi connectivity index (χ4n) is 1.07. The molecule has 0 aliphatic carbocycles. The van der Waals surface area contributed by atoms with Gasteiger partial charge >= 0.3 is 6.09 Å². The number of nitrogens with zero attached hydrogens (tertiary/aromatic N) is 1. The first-order valence-corrected chi connectivity index (χ1v) is 6.30. The molecule has 4 nitrogen and oxygen atoms in total. The topological polar surface area (TPSA) is 51.2 Å². The number of halogens is 2. The number of hydrogen-bond acceptors (Lipinski definition) is 3. The van der Waals surface area contributed by atoms with Crippen LogP contribution in [0.1, 0.15) is 26.5 Å². The maximum atomic E-state index is 11.3. The van der Waals surface area contributed by atoms with Gasteiger partial charge in [0.05, 0.1) is 16.6 Å². The Balaban J connectivity index is 2.50.